The van der Waals surface area contributed by atoms with Gasteiger partial charge in [-0.2, -0.15) is 0 Å². The van der Waals surface area contributed by atoms with Crippen molar-refractivity contribution in [2.24, 2.45) is 0 Å². The van der Waals surface area contributed by atoms with Gasteiger partial charge in [0.1, 0.15) is 5.75 Å². The highest BCUT2D eigenvalue weighted by molar-refractivity contribution is 5.51. The molecule has 0 bridgehead atoms. The molecule has 2 aromatic rings. The van der Waals surface area contributed by atoms with Crippen LogP contribution in [0.25, 0.3) is 0 Å². The van der Waals surface area contributed by atoms with Crippen LogP contribution in [0, 0.1) is 13.8 Å². The average molecular weight is 256 g/mol. The monoisotopic (exact) mass is 256 g/mol. The number of benzene rings is 1. The van der Waals surface area contributed by atoms with Crippen LogP contribution in [0.15, 0.2) is 30.3 Å². The van der Waals surface area contributed by atoms with Crippen molar-refractivity contribution in [3.8, 4) is 11.6 Å². The summed E-state index contributed by atoms with van der Waals surface area (Å²) in [5.74, 6) is 1.70. The van der Waals surface area contributed by atoms with E-state index in [0.29, 0.717) is 17.5 Å². The molecule has 0 radical (unpaired) electrons. The Balaban J connectivity index is 2.42. The normalized spacial score (nSPS) is 10.8. The summed E-state index contributed by atoms with van der Waals surface area (Å²) in [4.78, 5) is 4.35. The predicted molar refractivity (Wildman–Crippen MR) is 78.7 cm³/mol. The van der Waals surface area contributed by atoms with Crippen LogP contribution in [0.3, 0.4) is 0 Å². The number of hydrogen-bond acceptors (Lipinski definition) is 3. The summed E-state index contributed by atoms with van der Waals surface area (Å²) in [6.07, 6.45) is 0. The lowest BCUT2D eigenvalue weighted by Crippen LogP contribution is -1.99. The quantitative estimate of drug-likeness (QED) is 0.895. The Morgan fingerprint density at radius 3 is 2.53 bits per heavy atom. The Bertz CT molecular complexity index is 591. The minimum atomic E-state index is 0.390. The van der Waals surface area contributed by atoms with Crippen LogP contribution in [0.1, 0.15) is 36.6 Å². The van der Waals surface area contributed by atoms with E-state index in [9.17, 15) is 0 Å². The van der Waals surface area contributed by atoms with Crippen molar-refractivity contribution in [2.45, 2.75) is 33.6 Å². The minimum Gasteiger partial charge on any atom is -0.437 e. The number of nitrogen functional groups attached to an aromatic ring is 1. The molecule has 19 heavy (non-hydrogen) atoms. The van der Waals surface area contributed by atoms with Gasteiger partial charge in [-0.1, -0.05) is 26.0 Å². The molecule has 0 aliphatic heterocycles. The van der Waals surface area contributed by atoms with Crippen molar-refractivity contribution in [2.75, 3.05) is 5.73 Å². The molecule has 0 saturated carbocycles. The van der Waals surface area contributed by atoms with Gasteiger partial charge in [-0.05, 0) is 49.1 Å². The lowest BCUT2D eigenvalue weighted by Gasteiger charge is -2.15. The number of ether oxygens (including phenoxy) is 1. The average Bonchev–Trinajstić information content (AvgIpc) is 2.33. The minimum absolute atomic E-state index is 0.390. The molecule has 1 aromatic heterocycles. The van der Waals surface area contributed by atoms with Crippen LogP contribution >= 0.6 is 0 Å². The first-order valence-corrected chi connectivity index (χ1v) is 6.49. The third kappa shape index (κ3) is 3.05. The van der Waals surface area contributed by atoms with E-state index in [-0.39, 0.29) is 0 Å². The summed E-state index contributed by atoms with van der Waals surface area (Å²) in [5, 5.41) is 0. The fourth-order valence-electron chi connectivity index (χ4n) is 1.94. The van der Waals surface area contributed by atoms with Crippen LogP contribution in [-0.2, 0) is 0 Å². The van der Waals surface area contributed by atoms with Crippen LogP contribution < -0.4 is 10.5 Å². The summed E-state index contributed by atoms with van der Waals surface area (Å²) >= 11 is 0. The van der Waals surface area contributed by atoms with Gasteiger partial charge in [0.15, 0.2) is 0 Å². The number of pyridine rings is 1. The van der Waals surface area contributed by atoms with E-state index in [1.165, 1.54) is 0 Å². The van der Waals surface area contributed by atoms with E-state index >= 15 is 0 Å². The second-order valence-corrected chi connectivity index (χ2v) is 5.15. The first-order chi connectivity index (χ1) is 8.97. The number of rotatable bonds is 3. The molecule has 1 heterocycles. The standard InChI is InChI=1S/C16H20N2O/c1-10(2)13-7-5-11(3)9-15(13)19-16-14(17)8-6-12(4)18-16/h5-10H,17H2,1-4H3. The van der Waals surface area contributed by atoms with Gasteiger partial charge in [0, 0.05) is 5.69 Å². The molecule has 1 aromatic carbocycles. The summed E-state index contributed by atoms with van der Waals surface area (Å²) in [6.45, 7) is 8.25. The highest BCUT2D eigenvalue weighted by Gasteiger charge is 2.11. The molecule has 3 heteroatoms. The van der Waals surface area contributed by atoms with E-state index in [0.717, 1.165) is 22.6 Å². The third-order valence-electron chi connectivity index (χ3n) is 3.03. The Morgan fingerprint density at radius 1 is 1.11 bits per heavy atom. The van der Waals surface area contributed by atoms with Crippen molar-refractivity contribution in [3.05, 3.63) is 47.2 Å². The number of hydrogen-bond donors (Lipinski definition) is 1. The van der Waals surface area contributed by atoms with Crippen molar-refractivity contribution in [1.29, 1.82) is 0 Å². The van der Waals surface area contributed by atoms with E-state index in [2.05, 4.69) is 31.0 Å². The number of nitrogens with two attached hydrogens (primary N) is 1. The summed E-state index contributed by atoms with van der Waals surface area (Å²) in [5.41, 5.74) is 9.68. The molecular formula is C16H20N2O. The summed E-state index contributed by atoms with van der Waals surface area (Å²) in [6, 6.07) is 9.92. The first-order valence-electron chi connectivity index (χ1n) is 6.49. The Morgan fingerprint density at radius 2 is 1.84 bits per heavy atom. The zero-order chi connectivity index (χ0) is 14.0. The second-order valence-electron chi connectivity index (χ2n) is 5.15. The molecule has 0 aliphatic carbocycles. The van der Waals surface area contributed by atoms with E-state index in [1.54, 1.807) is 0 Å². The molecule has 2 rings (SSSR count). The zero-order valence-corrected chi connectivity index (χ0v) is 11.9. The van der Waals surface area contributed by atoms with Crippen LogP contribution in [0.5, 0.6) is 11.6 Å². The lowest BCUT2D eigenvalue weighted by atomic mass is 10.0. The van der Waals surface area contributed by atoms with Gasteiger partial charge in [-0.15, -0.1) is 0 Å². The SMILES string of the molecule is Cc1ccc(C(C)C)c(Oc2nc(C)ccc2N)c1. The number of aromatic nitrogens is 1. The maximum absolute atomic E-state index is 5.93. The van der Waals surface area contributed by atoms with Crippen molar-refractivity contribution in [3.63, 3.8) is 0 Å². The second kappa shape index (κ2) is 5.31. The van der Waals surface area contributed by atoms with Gasteiger partial charge in [-0.3, -0.25) is 0 Å². The van der Waals surface area contributed by atoms with E-state index < -0.39 is 0 Å². The van der Waals surface area contributed by atoms with Gasteiger partial charge < -0.3 is 10.5 Å². The molecule has 0 unspecified atom stereocenters. The highest BCUT2D eigenvalue weighted by Crippen LogP contribution is 2.32. The zero-order valence-electron chi connectivity index (χ0n) is 11.9. The molecule has 0 amide bonds. The summed E-state index contributed by atoms with van der Waals surface area (Å²) < 4.78 is 5.93. The maximum atomic E-state index is 5.93. The first kappa shape index (κ1) is 13.4. The van der Waals surface area contributed by atoms with Crippen molar-refractivity contribution < 1.29 is 4.74 Å². The smallest absolute Gasteiger partial charge is 0.242 e. The topological polar surface area (TPSA) is 48.1 Å². The van der Waals surface area contributed by atoms with Gasteiger partial charge in [0.25, 0.3) is 0 Å². The molecule has 2 N–H and O–H groups in total. The molecular weight excluding hydrogens is 236 g/mol. The fraction of sp³-hybridized carbons (Fsp3) is 0.312. The highest BCUT2D eigenvalue weighted by atomic mass is 16.5. The molecule has 0 atom stereocenters. The lowest BCUT2D eigenvalue weighted by molar-refractivity contribution is 0.455. The molecule has 0 aliphatic rings. The van der Waals surface area contributed by atoms with Gasteiger partial charge in [-0.25, -0.2) is 4.98 Å². The largest absolute Gasteiger partial charge is 0.437 e. The van der Waals surface area contributed by atoms with Crippen LogP contribution in [-0.4, -0.2) is 4.98 Å². The maximum Gasteiger partial charge on any atom is 0.242 e. The van der Waals surface area contributed by atoms with E-state index in [4.69, 9.17) is 10.5 Å². The number of anilines is 1. The van der Waals surface area contributed by atoms with Crippen molar-refractivity contribution in [1.82, 2.24) is 4.98 Å². The van der Waals surface area contributed by atoms with Gasteiger partial charge in [0.05, 0.1) is 5.69 Å². The molecule has 100 valence electrons. The third-order valence-corrected chi connectivity index (χ3v) is 3.03. The Kier molecular flexibility index (Phi) is 3.74. The summed E-state index contributed by atoms with van der Waals surface area (Å²) in [7, 11) is 0. The van der Waals surface area contributed by atoms with E-state index in [1.807, 2.05) is 32.0 Å². The van der Waals surface area contributed by atoms with Gasteiger partial charge in [0.2, 0.25) is 5.88 Å². The predicted octanol–water partition coefficient (Wildman–Crippen LogP) is 4.20. The Labute approximate surface area is 114 Å². The molecule has 3 nitrogen and oxygen atoms in total. The van der Waals surface area contributed by atoms with Crippen LogP contribution in [0.4, 0.5) is 5.69 Å². The molecule has 0 fully saturated rings. The van der Waals surface area contributed by atoms with Crippen LogP contribution in [0.2, 0.25) is 0 Å². The Hall–Kier alpha value is -2.03. The molecule has 0 spiro atoms. The van der Waals surface area contributed by atoms with Gasteiger partial charge >= 0.3 is 0 Å². The number of aryl methyl sites for hydroxylation is 2. The van der Waals surface area contributed by atoms with Crippen molar-refractivity contribution >= 4 is 5.69 Å². The number of nitrogens with zero attached hydrogens (tertiary/aromatic N) is 1. The molecule has 0 saturated heterocycles. The fourth-order valence-corrected chi connectivity index (χ4v) is 1.94.